The summed E-state index contributed by atoms with van der Waals surface area (Å²) in [5, 5.41) is 11.2. The van der Waals surface area contributed by atoms with Crippen LogP contribution in [0.3, 0.4) is 0 Å². The van der Waals surface area contributed by atoms with Crippen molar-refractivity contribution in [2.45, 2.75) is 19.3 Å². The standard InChI is InChI=1S/C14H15NO5/c1-14(2)9-5-8(3-4-10(9)15-13(14)19)11(16)6-20-7-12(17)18/h3-5H,6-7H2,1-2H3,(H,15,19)(H,17,18). The first kappa shape index (κ1) is 14.2. The van der Waals surface area contributed by atoms with Crippen molar-refractivity contribution in [2.75, 3.05) is 18.5 Å². The maximum Gasteiger partial charge on any atom is 0.329 e. The number of ether oxygens (including phenoxy) is 1. The molecule has 2 N–H and O–H groups in total. The fraction of sp³-hybridized carbons (Fsp3) is 0.357. The number of hydrogen-bond donors (Lipinski definition) is 2. The second-order valence-corrected chi connectivity index (χ2v) is 5.15. The maximum atomic E-state index is 11.9. The van der Waals surface area contributed by atoms with E-state index in [1.54, 1.807) is 32.0 Å². The van der Waals surface area contributed by atoms with Gasteiger partial charge in [0, 0.05) is 11.3 Å². The largest absolute Gasteiger partial charge is 0.480 e. The van der Waals surface area contributed by atoms with Gasteiger partial charge in [0.25, 0.3) is 0 Å². The number of nitrogens with one attached hydrogen (secondary N) is 1. The lowest BCUT2D eigenvalue weighted by Gasteiger charge is -2.15. The van der Waals surface area contributed by atoms with Gasteiger partial charge in [0.05, 0.1) is 5.41 Å². The number of ketones is 1. The number of aliphatic carboxylic acids is 1. The molecule has 1 aromatic rings. The zero-order valence-corrected chi connectivity index (χ0v) is 11.2. The summed E-state index contributed by atoms with van der Waals surface area (Å²) in [4.78, 5) is 34.0. The molecule has 6 nitrogen and oxygen atoms in total. The van der Waals surface area contributed by atoms with Crippen LogP contribution in [0.1, 0.15) is 29.8 Å². The van der Waals surface area contributed by atoms with Gasteiger partial charge in [-0.1, -0.05) is 0 Å². The van der Waals surface area contributed by atoms with Crippen LogP contribution >= 0.6 is 0 Å². The van der Waals surface area contributed by atoms with Crippen LogP contribution in [-0.4, -0.2) is 36.0 Å². The molecule has 20 heavy (non-hydrogen) atoms. The number of carbonyl (C=O) groups is 3. The minimum Gasteiger partial charge on any atom is -0.480 e. The third kappa shape index (κ3) is 2.55. The van der Waals surface area contributed by atoms with E-state index in [0.717, 1.165) is 5.56 Å². The van der Waals surface area contributed by atoms with E-state index in [2.05, 4.69) is 5.32 Å². The number of rotatable bonds is 5. The summed E-state index contributed by atoms with van der Waals surface area (Å²) < 4.78 is 4.77. The summed E-state index contributed by atoms with van der Waals surface area (Å²) >= 11 is 0. The molecule has 0 aliphatic carbocycles. The number of anilines is 1. The lowest BCUT2D eigenvalue weighted by molar-refractivity contribution is -0.141. The van der Waals surface area contributed by atoms with Gasteiger partial charge in [-0.25, -0.2) is 4.79 Å². The molecule has 0 fully saturated rings. The summed E-state index contributed by atoms with van der Waals surface area (Å²) in [5.41, 5.74) is 1.17. The number of carboxylic acid groups (broad SMARTS) is 1. The van der Waals surface area contributed by atoms with Crippen molar-refractivity contribution >= 4 is 23.3 Å². The second kappa shape index (κ2) is 5.05. The van der Waals surface area contributed by atoms with Gasteiger partial charge in [0.2, 0.25) is 5.91 Å². The molecule has 0 saturated carbocycles. The average molecular weight is 277 g/mol. The Morgan fingerprint density at radius 3 is 2.65 bits per heavy atom. The Kier molecular flexibility index (Phi) is 3.59. The zero-order chi connectivity index (χ0) is 14.9. The number of carbonyl (C=O) groups excluding carboxylic acids is 2. The topological polar surface area (TPSA) is 92.7 Å². The number of fused-ring (bicyclic) bond motifs is 1. The van der Waals surface area contributed by atoms with Gasteiger partial charge >= 0.3 is 5.97 Å². The molecule has 0 atom stereocenters. The van der Waals surface area contributed by atoms with Gasteiger partial charge in [-0.05, 0) is 37.6 Å². The van der Waals surface area contributed by atoms with Crippen molar-refractivity contribution in [3.8, 4) is 0 Å². The highest BCUT2D eigenvalue weighted by Gasteiger charge is 2.38. The van der Waals surface area contributed by atoms with Crippen molar-refractivity contribution in [3.05, 3.63) is 29.3 Å². The van der Waals surface area contributed by atoms with Crippen molar-refractivity contribution in [3.63, 3.8) is 0 Å². The Morgan fingerprint density at radius 1 is 1.30 bits per heavy atom. The van der Waals surface area contributed by atoms with Gasteiger partial charge in [0.15, 0.2) is 5.78 Å². The van der Waals surface area contributed by atoms with Crippen molar-refractivity contribution in [1.82, 2.24) is 0 Å². The average Bonchev–Trinajstić information content (AvgIpc) is 2.59. The Bertz CT molecular complexity index is 591. The number of carboxylic acids is 1. The third-order valence-electron chi connectivity index (χ3n) is 3.29. The summed E-state index contributed by atoms with van der Waals surface area (Å²) in [6, 6.07) is 4.92. The number of amides is 1. The van der Waals surface area contributed by atoms with E-state index in [4.69, 9.17) is 9.84 Å². The molecule has 0 bridgehead atoms. The molecule has 106 valence electrons. The molecule has 2 rings (SSSR count). The first-order valence-corrected chi connectivity index (χ1v) is 6.11. The van der Waals surface area contributed by atoms with E-state index in [9.17, 15) is 14.4 Å². The summed E-state index contributed by atoms with van der Waals surface area (Å²) in [6.07, 6.45) is 0. The lowest BCUT2D eigenvalue weighted by atomic mass is 9.85. The van der Waals surface area contributed by atoms with E-state index in [0.29, 0.717) is 11.3 Å². The van der Waals surface area contributed by atoms with Crippen LogP contribution in [0.25, 0.3) is 0 Å². The fourth-order valence-corrected chi connectivity index (χ4v) is 2.06. The minimum absolute atomic E-state index is 0.112. The predicted molar refractivity (Wildman–Crippen MR) is 70.9 cm³/mol. The zero-order valence-electron chi connectivity index (χ0n) is 11.2. The molecule has 0 spiro atoms. The van der Waals surface area contributed by atoms with Crippen molar-refractivity contribution < 1.29 is 24.2 Å². The minimum atomic E-state index is -1.12. The van der Waals surface area contributed by atoms with Crippen LogP contribution in [0.2, 0.25) is 0 Å². The summed E-state index contributed by atoms with van der Waals surface area (Å²) in [6.45, 7) is 2.75. The summed E-state index contributed by atoms with van der Waals surface area (Å²) in [7, 11) is 0. The van der Waals surface area contributed by atoms with E-state index in [1.807, 2.05) is 0 Å². The Morgan fingerprint density at radius 2 is 2.00 bits per heavy atom. The summed E-state index contributed by atoms with van der Waals surface area (Å²) in [5.74, 6) is -1.55. The Labute approximate surface area is 115 Å². The highest BCUT2D eigenvalue weighted by Crippen LogP contribution is 2.37. The van der Waals surface area contributed by atoms with Crippen molar-refractivity contribution in [1.29, 1.82) is 0 Å². The normalized spacial score (nSPS) is 15.6. The van der Waals surface area contributed by atoms with Crippen LogP contribution in [0.5, 0.6) is 0 Å². The highest BCUT2D eigenvalue weighted by atomic mass is 16.5. The van der Waals surface area contributed by atoms with Gasteiger partial charge < -0.3 is 15.2 Å². The highest BCUT2D eigenvalue weighted by molar-refractivity contribution is 6.07. The molecule has 1 heterocycles. The lowest BCUT2D eigenvalue weighted by Crippen LogP contribution is -2.27. The number of benzene rings is 1. The SMILES string of the molecule is CC1(C)C(=O)Nc2ccc(C(=O)COCC(=O)O)cc21. The van der Waals surface area contributed by atoms with Crippen LogP contribution < -0.4 is 5.32 Å². The molecule has 1 aromatic carbocycles. The Hall–Kier alpha value is -2.21. The van der Waals surface area contributed by atoms with Gasteiger partial charge in [-0.15, -0.1) is 0 Å². The molecule has 0 unspecified atom stereocenters. The van der Waals surface area contributed by atoms with Crippen LogP contribution in [-0.2, 0) is 19.7 Å². The number of Topliss-reactive ketones (excluding diaryl/α,β-unsaturated/α-hetero) is 1. The quantitative estimate of drug-likeness (QED) is 0.789. The smallest absolute Gasteiger partial charge is 0.329 e. The van der Waals surface area contributed by atoms with E-state index in [1.165, 1.54) is 0 Å². The fourth-order valence-electron chi connectivity index (χ4n) is 2.06. The molecule has 0 radical (unpaired) electrons. The Balaban J connectivity index is 2.16. The van der Waals surface area contributed by atoms with Gasteiger partial charge in [-0.2, -0.15) is 0 Å². The molecule has 1 amide bonds. The van der Waals surface area contributed by atoms with Crippen LogP contribution in [0.15, 0.2) is 18.2 Å². The monoisotopic (exact) mass is 277 g/mol. The van der Waals surface area contributed by atoms with E-state index >= 15 is 0 Å². The molecular formula is C14H15NO5. The molecule has 6 heteroatoms. The first-order valence-electron chi connectivity index (χ1n) is 6.11. The molecular weight excluding hydrogens is 262 g/mol. The van der Waals surface area contributed by atoms with Gasteiger partial charge in [-0.3, -0.25) is 9.59 Å². The first-order chi connectivity index (χ1) is 9.32. The van der Waals surface area contributed by atoms with E-state index < -0.39 is 18.0 Å². The maximum absolute atomic E-state index is 11.9. The van der Waals surface area contributed by atoms with Gasteiger partial charge in [0.1, 0.15) is 13.2 Å². The molecule has 1 aliphatic heterocycles. The second-order valence-electron chi connectivity index (χ2n) is 5.15. The van der Waals surface area contributed by atoms with E-state index in [-0.39, 0.29) is 18.3 Å². The van der Waals surface area contributed by atoms with Crippen LogP contribution in [0, 0.1) is 0 Å². The van der Waals surface area contributed by atoms with Crippen molar-refractivity contribution in [2.24, 2.45) is 0 Å². The van der Waals surface area contributed by atoms with Crippen LogP contribution in [0.4, 0.5) is 5.69 Å². The number of hydrogen-bond acceptors (Lipinski definition) is 4. The molecule has 0 aromatic heterocycles. The molecule has 1 aliphatic rings. The third-order valence-corrected chi connectivity index (χ3v) is 3.29. The predicted octanol–water partition coefficient (Wildman–Crippen LogP) is 1.20. The molecule has 0 saturated heterocycles.